The number of hydrogen-bond donors (Lipinski definition) is 1. The summed E-state index contributed by atoms with van der Waals surface area (Å²) in [6.07, 6.45) is 14.3. The molecule has 132 valence electrons. The Labute approximate surface area is 141 Å². The van der Waals surface area contributed by atoms with Gasteiger partial charge in [-0.15, -0.1) is 0 Å². The summed E-state index contributed by atoms with van der Waals surface area (Å²) in [6, 6.07) is 0. The fourth-order valence-corrected chi connectivity index (χ4v) is 2.86. The highest BCUT2D eigenvalue weighted by Crippen LogP contribution is 2.25. The molecule has 1 N–H and O–H groups in total. The van der Waals surface area contributed by atoms with Crippen LogP contribution in [-0.2, 0) is 9.59 Å². The highest BCUT2D eigenvalue weighted by atomic mass is 16.4. The Morgan fingerprint density at radius 2 is 1.78 bits per heavy atom. The second-order valence-corrected chi connectivity index (χ2v) is 6.24. The van der Waals surface area contributed by atoms with E-state index in [-0.39, 0.29) is 12.2 Å². The molecule has 3 nitrogen and oxygen atoms in total. The van der Waals surface area contributed by atoms with Crippen LogP contribution in [0.2, 0.25) is 0 Å². The van der Waals surface area contributed by atoms with Crippen molar-refractivity contribution in [1.29, 1.82) is 0 Å². The molecule has 0 aliphatic carbocycles. The van der Waals surface area contributed by atoms with Crippen LogP contribution >= 0.6 is 0 Å². The Balaban J connectivity index is 4.17. The van der Waals surface area contributed by atoms with Crippen LogP contribution in [0.1, 0.15) is 84.5 Å². The van der Waals surface area contributed by atoms with Crippen molar-refractivity contribution >= 4 is 11.8 Å². The van der Waals surface area contributed by atoms with Gasteiger partial charge in [-0.3, -0.25) is 9.59 Å². The third-order valence-corrected chi connectivity index (χ3v) is 4.14. The molecule has 0 aromatic heterocycles. The van der Waals surface area contributed by atoms with E-state index < -0.39 is 5.97 Å². The van der Waals surface area contributed by atoms with Crippen LogP contribution in [0.15, 0.2) is 24.3 Å². The standard InChI is InChI=1S/C20H34O3/c1-4-7-9-13-17(6-3)18(12-5-2)14-10-8-11-15-19(21)16-20(22)23/h6,13,18H,3-5,7-12,14-16H2,1-2H3,(H,22,23). The summed E-state index contributed by atoms with van der Waals surface area (Å²) in [5.74, 6) is -0.608. The Hall–Kier alpha value is -1.38. The van der Waals surface area contributed by atoms with E-state index in [1.807, 2.05) is 6.08 Å². The maximum Gasteiger partial charge on any atom is 0.310 e. The lowest BCUT2D eigenvalue weighted by molar-refractivity contribution is -0.140. The van der Waals surface area contributed by atoms with Gasteiger partial charge in [0.2, 0.25) is 0 Å². The molecular weight excluding hydrogens is 288 g/mol. The summed E-state index contributed by atoms with van der Waals surface area (Å²) < 4.78 is 0. The third kappa shape index (κ3) is 11.8. The van der Waals surface area contributed by atoms with Gasteiger partial charge in [-0.25, -0.2) is 0 Å². The molecule has 0 aliphatic heterocycles. The Bertz CT molecular complexity index is 382. The first-order chi connectivity index (χ1) is 11.0. The number of allylic oxidation sites excluding steroid dienone is 3. The van der Waals surface area contributed by atoms with Crippen molar-refractivity contribution in [3.63, 3.8) is 0 Å². The van der Waals surface area contributed by atoms with Crippen LogP contribution in [0, 0.1) is 5.92 Å². The van der Waals surface area contributed by atoms with Crippen LogP contribution in [-0.4, -0.2) is 16.9 Å². The number of carbonyl (C=O) groups excluding carboxylic acids is 1. The fraction of sp³-hybridized carbons (Fsp3) is 0.700. The lowest BCUT2D eigenvalue weighted by atomic mass is 9.88. The molecule has 23 heavy (non-hydrogen) atoms. The van der Waals surface area contributed by atoms with Gasteiger partial charge >= 0.3 is 5.97 Å². The molecule has 0 amide bonds. The van der Waals surface area contributed by atoms with E-state index >= 15 is 0 Å². The fourth-order valence-electron chi connectivity index (χ4n) is 2.86. The van der Waals surface area contributed by atoms with Crippen molar-refractivity contribution < 1.29 is 14.7 Å². The number of unbranched alkanes of at least 4 members (excludes halogenated alkanes) is 4. The van der Waals surface area contributed by atoms with Gasteiger partial charge in [0, 0.05) is 6.42 Å². The van der Waals surface area contributed by atoms with Gasteiger partial charge in [-0.1, -0.05) is 64.7 Å². The first-order valence-electron chi connectivity index (χ1n) is 9.11. The van der Waals surface area contributed by atoms with Gasteiger partial charge in [-0.2, -0.15) is 0 Å². The molecule has 0 aromatic rings. The van der Waals surface area contributed by atoms with E-state index in [0.717, 1.165) is 32.1 Å². The van der Waals surface area contributed by atoms with Crippen LogP contribution < -0.4 is 0 Å². The largest absolute Gasteiger partial charge is 0.481 e. The van der Waals surface area contributed by atoms with E-state index in [1.54, 1.807) is 0 Å². The molecule has 0 rings (SSSR count). The monoisotopic (exact) mass is 322 g/mol. The number of carbonyl (C=O) groups is 2. The van der Waals surface area contributed by atoms with Gasteiger partial charge in [0.25, 0.3) is 0 Å². The molecule has 0 heterocycles. The Kier molecular flexibility index (Phi) is 13.4. The molecule has 0 fully saturated rings. The quantitative estimate of drug-likeness (QED) is 0.239. The predicted molar refractivity (Wildman–Crippen MR) is 96.5 cm³/mol. The second kappa shape index (κ2) is 14.2. The van der Waals surface area contributed by atoms with E-state index in [4.69, 9.17) is 5.11 Å². The number of carboxylic acids is 1. The summed E-state index contributed by atoms with van der Waals surface area (Å²) in [5, 5.41) is 8.56. The van der Waals surface area contributed by atoms with E-state index in [0.29, 0.717) is 12.3 Å². The average Bonchev–Trinajstić information content (AvgIpc) is 2.50. The van der Waals surface area contributed by atoms with Gasteiger partial charge in [-0.05, 0) is 37.2 Å². The zero-order valence-electron chi connectivity index (χ0n) is 15.0. The first kappa shape index (κ1) is 21.6. The summed E-state index contributed by atoms with van der Waals surface area (Å²) in [7, 11) is 0. The first-order valence-corrected chi connectivity index (χ1v) is 9.11. The van der Waals surface area contributed by atoms with Crippen molar-refractivity contribution in [3.05, 3.63) is 24.3 Å². The lowest BCUT2D eigenvalue weighted by Crippen LogP contribution is -2.06. The maximum atomic E-state index is 11.4. The van der Waals surface area contributed by atoms with Gasteiger partial charge in [0.15, 0.2) is 0 Å². The van der Waals surface area contributed by atoms with Crippen molar-refractivity contribution in [1.82, 2.24) is 0 Å². The van der Waals surface area contributed by atoms with Crippen LogP contribution in [0.25, 0.3) is 0 Å². The Morgan fingerprint density at radius 3 is 2.35 bits per heavy atom. The number of carboxylic acid groups (broad SMARTS) is 1. The minimum Gasteiger partial charge on any atom is -0.481 e. The van der Waals surface area contributed by atoms with Crippen molar-refractivity contribution in [3.8, 4) is 0 Å². The van der Waals surface area contributed by atoms with Crippen LogP contribution in [0.3, 0.4) is 0 Å². The summed E-state index contributed by atoms with van der Waals surface area (Å²) in [5.41, 5.74) is 1.38. The topological polar surface area (TPSA) is 54.4 Å². The molecule has 0 aliphatic rings. The highest BCUT2D eigenvalue weighted by molar-refractivity contribution is 5.94. The molecule has 0 bridgehead atoms. The maximum absolute atomic E-state index is 11.4. The normalized spacial score (nSPS) is 12.9. The van der Waals surface area contributed by atoms with E-state index in [1.165, 1.54) is 31.3 Å². The predicted octanol–water partition coefficient (Wildman–Crippen LogP) is 5.70. The lowest BCUT2D eigenvalue weighted by Gasteiger charge is -2.18. The summed E-state index contributed by atoms with van der Waals surface area (Å²) >= 11 is 0. The summed E-state index contributed by atoms with van der Waals surface area (Å²) in [4.78, 5) is 21.8. The number of hydrogen-bond acceptors (Lipinski definition) is 2. The average molecular weight is 322 g/mol. The van der Waals surface area contributed by atoms with Crippen molar-refractivity contribution in [2.75, 3.05) is 0 Å². The molecule has 0 spiro atoms. The van der Waals surface area contributed by atoms with Crippen LogP contribution in [0.4, 0.5) is 0 Å². The minimum absolute atomic E-state index is 0.158. The zero-order valence-corrected chi connectivity index (χ0v) is 15.0. The highest BCUT2D eigenvalue weighted by Gasteiger charge is 2.11. The molecule has 0 saturated carbocycles. The second-order valence-electron chi connectivity index (χ2n) is 6.24. The van der Waals surface area contributed by atoms with Gasteiger partial charge < -0.3 is 5.11 Å². The van der Waals surface area contributed by atoms with Gasteiger partial charge in [0.05, 0.1) is 0 Å². The minimum atomic E-state index is -1.02. The Morgan fingerprint density at radius 1 is 1.04 bits per heavy atom. The van der Waals surface area contributed by atoms with Gasteiger partial charge in [0.1, 0.15) is 12.2 Å². The summed E-state index contributed by atoms with van der Waals surface area (Å²) in [6.45, 7) is 8.39. The molecule has 3 heteroatoms. The number of aliphatic carboxylic acids is 1. The number of Topliss-reactive ketones (excluding diaryl/α,β-unsaturated/α-hetero) is 1. The molecule has 0 saturated heterocycles. The smallest absolute Gasteiger partial charge is 0.310 e. The van der Waals surface area contributed by atoms with Crippen LogP contribution in [0.5, 0.6) is 0 Å². The molecular formula is C20H34O3. The molecule has 0 aromatic carbocycles. The third-order valence-electron chi connectivity index (χ3n) is 4.14. The SMILES string of the molecule is C=CC(=CCCCC)C(CCC)CCCCCC(=O)CC(=O)O. The molecule has 1 atom stereocenters. The van der Waals surface area contributed by atoms with E-state index in [9.17, 15) is 9.59 Å². The zero-order chi connectivity index (χ0) is 17.5. The molecule has 0 radical (unpaired) electrons. The number of ketones is 1. The molecule has 1 unspecified atom stereocenters. The van der Waals surface area contributed by atoms with E-state index in [2.05, 4.69) is 26.5 Å². The van der Waals surface area contributed by atoms with Crippen molar-refractivity contribution in [2.24, 2.45) is 5.92 Å². The number of rotatable bonds is 15. The van der Waals surface area contributed by atoms with Crippen molar-refractivity contribution in [2.45, 2.75) is 84.5 Å².